The first-order chi connectivity index (χ1) is 10.3. The minimum atomic E-state index is -4.87. The van der Waals surface area contributed by atoms with Gasteiger partial charge in [-0.3, -0.25) is 14.9 Å². The van der Waals surface area contributed by atoms with Gasteiger partial charge in [-0.05, 0) is 25.0 Å². The topological polar surface area (TPSA) is 81.5 Å². The maximum atomic E-state index is 12.8. The van der Waals surface area contributed by atoms with Gasteiger partial charge in [-0.2, -0.15) is 13.2 Å². The molecule has 0 aliphatic carbocycles. The molecule has 1 fully saturated rings. The molecule has 22 heavy (non-hydrogen) atoms. The summed E-state index contributed by atoms with van der Waals surface area (Å²) in [7, 11) is 0. The second-order valence-electron chi connectivity index (χ2n) is 4.86. The van der Waals surface area contributed by atoms with Gasteiger partial charge in [0.15, 0.2) is 0 Å². The molecule has 120 valence electrons. The molecule has 1 saturated heterocycles. The minimum Gasteiger partial charge on any atom is -0.381 e. The van der Waals surface area contributed by atoms with Crippen molar-refractivity contribution in [2.45, 2.75) is 19.0 Å². The van der Waals surface area contributed by atoms with Gasteiger partial charge >= 0.3 is 6.18 Å². The highest BCUT2D eigenvalue weighted by molar-refractivity contribution is 5.92. The van der Waals surface area contributed by atoms with Crippen molar-refractivity contribution in [1.82, 2.24) is 0 Å². The first-order valence-corrected chi connectivity index (χ1v) is 6.53. The molecule has 0 aromatic heterocycles. The summed E-state index contributed by atoms with van der Waals surface area (Å²) in [5, 5.41) is 13.0. The summed E-state index contributed by atoms with van der Waals surface area (Å²) in [5.41, 5.74) is -2.55. The van der Waals surface area contributed by atoms with E-state index in [1.165, 1.54) is 0 Å². The average molecular weight is 318 g/mol. The lowest BCUT2D eigenvalue weighted by Crippen LogP contribution is -2.28. The Morgan fingerprint density at radius 1 is 1.32 bits per heavy atom. The third-order valence-electron chi connectivity index (χ3n) is 3.36. The van der Waals surface area contributed by atoms with Crippen molar-refractivity contribution in [3.05, 3.63) is 33.9 Å². The number of halogens is 3. The van der Waals surface area contributed by atoms with E-state index in [-0.39, 0.29) is 11.6 Å². The molecule has 0 spiro atoms. The number of benzene rings is 1. The zero-order valence-electron chi connectivity index (χ0n) is 11.4. The summed E-state index contributed by atoms with van der Waals surface area (Å²) >= 11 is 0. The van der Waals surface area contributed by atoms with Crippen LogP contribution in [0.15, 0.2) is 18.2 Å². The van der Waals surface area contributed by atoms with Gasteiger partial charge in [0.05, 0.1) is 4.92 Å². The van der Waals surface area contributed by atoms with E-state index in [1.54, 1.807) is 0 Å². The average Bonchev–Trinajstić information content (AvgIpc) is 2.47. The first-order valence-electron chi connectivity index (χ1n) is 6.53. The molecule has 1 amide bonds. The molecule has 1 aromatic rings. The van der Waals surface area contributed by atoms with Crippen molar-refractivity contribution < 1.29 is 27.6 Å². The zero-order chi connectivity index (χ0) is 16.3. The second-order valence-corrected chi connectivity index (χ2v) is 4.86. The summed E-state index contributed by atoms with van der Waals surface area (Å²) in [4.78, 5) is 21.5. The first kappa shape index (κ1) is 16.2. The van der Waals surface area contributed by atoms with Crippen molar-refractivity contribution in [2.24, 2.45) is 5.92 Å². The third kappa shape index (κ3) is 3.73. The highest BCUT2D eigenvalue weighted by atomic mass is 19.4. The fourth-order valence-corrected chi connectivity index (χ4v) is 2.20. The molecule has 0 radical (unpaired) electrons. The number of carbonyl (C=O) groups is 1. The lowest BCUT2D eigenvalue weighted by Gasteiger charge is -2.21. The Bertz CT molecular complexity index is 583. The summed E-state index contributed by atoms with van der Waals surface area (Å²) in [5.74, 6) is -0.747. The van der Waals surface area contributed by atoms with Crippen LogP contribution in [-0.2, 0) is 15.7 Å². The van der Waals surface area contributed by atoms with Crippen molar-refractivity contribution in [3.8, 4) is 0 Å². The highest BCUT2D eigenvalue weighted by Gasteiger charge is 2.38. The van der Waals surface area contributed by atoms with Crippen molar-refractivity contribution in [2.75, 3.05) is 18.5 Å². The molecule has 2 rings (SSSR count). The van der Waals surface area contributed by atoms with Crippen LogP contribution in [0.2, 0.25) is 0 Å². The smallest absolute Gasteiger partial charge is 0.381 e. The quantitative estimate of drug-likeness (QED) is 0.686. The number of nitro benzene ring substituents is 1. The molecule has 0 unspecified atom stereocenters. The van der Waals surface area contributed by atoms with Gasteiger partial charge < -0.3 is 10.1 Å². The van der Waals surface area contributed by atoms with E-state index in [0.717, 1.165) is 12.1 Å². The lowest BCUT2D eigenvalue weighted by molar-refractivity contribution is -0.388. The van der Waals surface area contributed by atoms with E-state index in [0.29, 0.717) is 32.1 Å². The fourth-order valence-electron chi connectivity index (χ4n) is 2.20. The predicted octanol–water partition coefficient (Wildman–Crippen LogP) is 2.98. The number of anilines is 1. The number of rotatable bonds is 3. The number of amides is 1. The van der Waals surface area contributed by atoms with Gasteiger partial charge in [0, 0.05) is 30.9 Å². The maximum Gasteiger partial charge on any atom is 0.423 e. The van der Waals surface area contributed by atoms with Crippen molar-refractivity contribution >= 4 is 17.3 Å². The molecule has 1 N–H and O–H groups in total. The molecular formula is C13H13F3N2O4. The number of hydrogen-bond donors (Lipinski definition) is 1. The molecular weight excluding hydrogens is 305 g/mol. The molecule has 0 saturated carbocycles. The summed E-state index contributed by atoms with van der Waals surface area (Å²) in [6.45, 7) is 0.846. The number of nitrogens with zero attached hydrogens (tertiary/aromatic N) is 1. The third-order valence-corrected chi connectivity index (χ3v) is 3.36. The largest absolute Gasteiger partial charge is 0.423 e. The molecule has 0 bridgehead atoms. The van der Waals surface area contributed by atoms with E-state index < -0.39 is 28.3 Å². The van der Waals surface area contributed by atoms with Crippen molar-refractivity contribution in [1.29, 1.82) is 0 Å². The number of ether oxygens (including phenoxy) is 1. The Labute approximate surface area is 123 Å². The molecule has 0 atom stereocenters. The van der Waals surface area contributed by atoms with Crippen LogP contribution in [-0.4, -0.2) is 24.0 Å². The van der Waals surface area contributed by atoms with Gasteiger partial charge in [0.2, 0.25) is 5.91 Å². The number of nitro groups is 1. The number of alkyl halides is 3. The van der Waals surface area contributed by atoms with Gasteiger partial charge in [0.25, 0.3) is 5.69 Å². The Morgan fingerprint density at radius 2 is 1.95 bits per heavy atom. The normalized spacial score (nSPS) is 16.3. The van der Waals surface area contributed by atoms with Gasteiger partial charge in [0.1, 0.15) is 5.56 Å². The van der Waals surface area contributed by atoms with E-state index in [9.17, 15) is 28.1 Å². The summed E-state index contributed by atoms with van der Waals surface area (Å²) in [6.07, 6.45) is -3.89. The standard InChI is InChI=1S/C13H13F3N2O4/c14-13(15,16)10-7-9(1-2-11(10)18(20)21)17-12(19)8-3-5-22-6-4-8/h1-2,7-8H,3-6H2,(H,17,19). The number of hydrogen-bond acceptors (Lipinski definition) is 4. The Kier molecular flexibility index (Phi) is 4.65. The maximum absolute atomic E-state index is 12.8. The lowest BCUT2D eigenvalue weighted by atomic mass is 9.99. The van der Waals surface area contributed by atoms with E-state index >= 15 is 0 Å². The predicted molar refractivity (Wildman–Crippen MR) is 70.3 cm³/mol. The molecule has 6 nitrogen and oxygen atoms in total. The van der Waals surface area contributed by atoms with Crippen LogP contribution in [0.4, 0.5) is 24.5 Å². The van der Waals surface area contributed by atoms with Gasteiger partial charge in [-0.25, -0.2) is 0 Å². The SMILES string of the molecule is O=C(Nc1ccc([N+](=O)[O-])c(C(F)(F)F)c1)C1CCOCC1. The number of nitrogens with one attached hydrogen (secondary N) is 1. The second kappa shape index (κ2) is 6.30. The molecule has 1 heterocycles. The zero-order valence-corrected chi connectivity index (χ0v) is 11.4. The fraction of sp³-hybridized carbons (Fsp3) is 0.462. The van der Waals surface area contributed by atoms with Crippen LogP contribution in [0, 0.1) is 16.0 Å². The van der Waals surface area contributed by atoms with Crippen LogP contribution < -0.4 is 5.32 Å². The molecule has 1 aliphatic rings. The molecule has 1 aliphatic heterocycles. The Morgan fingerprint density at radius 3 is 2.50 bits per heavy atom. The highest BCUT2D eigenvalue weighted by Crippen LogP contribution is 2.37. The van der Waals surface area contributed by atoms with E-state index in [2.05, 4.69) is 5.32 Å². The van der Waals surface area contributed by atoms with Crippen LogP contribution >= 0.6 is 0 Å². The summed E-state index contributed by atoms with van der Waals surface area (Å²) < 4.78 is 43.6. The van der Waals surface area contributed by atoms with E-state index in [1.807, 2.05) is 0 Å². The van der Waals surface area contributed by atoms with Crippen LogP contribution in [0.3, 0.4) is 0 Å². The summed E-state index contributed by atoms with van der Waals surface area (Å²) in [6, 6.07) is 2.41. The van der Waals surface area contributed by atoms with Crippen molar-refractivity contribution in [3.63, 3.8) is 0 Å². The Balaban J connectivity index is 2.21. The van der Waals surface area contributed by atoms with E-state index in [4.69, 9.17) is 4.74 Å². The molecule has 1 aromatic carbocycles. The number of carbonyl (C=O) groups excluding carboxylic acids is 1. The molecule has 9 heteroatoms. The van der Waals surface area contributed by atoms with Crippen LogP contribution in [0.5, 0.6) is 0 Å². The van der Waals surface area contributed by atoms with Gasteiger partial charge in [-0.15, -0.1) is 0 Å². The monoisotopic (exact) mass is 318 g/mol. The van der Waals surface area contributed by atoms with Crippen LogP contribution in [0.1, 0.15) is 18.4 Å². The Hall–Kier alpha value is -2.16. The van der Waals surface area contributed by atoms with Crippen LogP contribution in [0.25, 0.3) is 0 Å². The minimum absolute atomic E-state index is 0.116. The van der Waals surface area contributed by atoms with Gasteiger partial charge in [-0.1, -0.05) is 0 Å².